The molecule has 4 atom stereocenters. The van der Waals surface area contributed by atoms with Crippen LogP contribution in [0.2, 0.25) is 0 Å². The molecule has 0 N–H and O–H groups in total. The van der Waals surface area contributed by atoms with Crippen LogP contribution in [0.1, 0.15) is 41.6 Å². The van der Waals surface area contributed by atoms with Gasteiger partial charge in [-0.15, -0.1) is 0 Å². The molecule has 0 radical (unpaired) electrons. The van der Waals surface area contributed by atoms with Gasteiger partial charge in [-0.2, -0.15) is 10.5 Å². The van der Waals surface area contributed by atoms with Gasteiger partial charge in [0, 0.05) is 11.8 Å². The van der Waals surface area contributed by atoms with Crippen LogP contribution in [0.4, 0.5) is 0 Å². The number of nitriles is 2. The van der Waals surface area contributed by atoms with Crippen molar-refractivity contribution in [2.24, 2.45) is 17.8 Å². The van der Waals surface area contributed by atoms with E-state index in [2.05, 4.69) is 18.2 Å². The molecule has 1 aromatic heterocycles. The lowest BCUT2D eigenvalue weighted by atomic mass is 9.59. The molecule has 1 heterocycles. The number of methoxy groups -OCH3 is 1. The highest BCUT2D eigenvalue weighted by Gasteiger charge is 2.46. The number of carbonyl (C=O) groups is 1. The summed E-state index contributed by atoms with van der Waals surface area (Å²) >= 11 is 0. The van der Waals surface area contributed by atoms with Crippen molar-refractivity contribution in [3.8, 4) is 12.1 Å². The topological polar surface area (TPSA) is 87.0 Å². The van der Waals surface area contributed by atoms with E-state index in [1.807, 2.05) is 72.8 Å². The molecule has 5 nitrogen and oxygen atoms in total. The van der Waals surface area contributed by atoms with Gasteiger partial charge in [-0.05, 0) is 47.1 Å². The largest absolute Gasteiger partial charge is 0.469 e. The van der Waals surface area contributed by atoms with Gasteiger partial charge in [0.2, 0.25) is 0 Å². The molecule has 3 aromatic rings. The van der Waals surface area contributed by atoms with E-state index in [0.29, 0.717) is 6.42 Å². The van der Waals surface area contributed by atoms with Crippen molar-refractivity contribution < 1.29 is 13.9 Å². The highest BCUT2D eigenvalue weighted by atomic mass is 16.5. The third-order valence-corrected chi connectivity index (χ3v) is 6.79. The van der Waals surface area contributed by atoms with E-state index >= 15 is 0 Å². The average molecular weight is 451 g/mol. The van der Waals surface area contributed by atoms with E-state index in [9.17, 15) is 15.3 Å². The minimum atomic E-state index is -0.889. The maximum absolute atomic E-state index is 12.7. The molecule has 34 heavy (non-hydrogen) atoms. The standard InChI is InChI=1S/C29H26N2O3/c1-33-27(32)17-25-23(20-9-4-2-5-10-20)14-15-24(26-13-8-16-34-26)29(25)28(22(18-30)19-31)21-11-6-3-7-12-21/h2-14,16,22,24-25,28-29H,15,17H2,1H3/t24-,25-,28+,29-/m0/s1. The summed E-state index contributed by atoms with van der Waals surface area (Å²) in [5.41, 5.74) is 2.97. The zero-order valence-electron chi connectivity index (χ0n) is 19.0. The van der Waals surface area contributed by atoms with Crippen molar-refractivity contribution in [2.75, 3.05) is 7.11 Å². The van der Waals surface area contributed by atoms with Crippen LogP contribution >= 0.6 is 0 Å². The number of esters is 1. The Morgan fingerprint density at radius 3 is 2.29 bits per heavy atom. The molecular weight excluding hydrogens is 424 g/mol. The molecule has 0 spiro atoms. The van der Waals surface area contributed by atoms with E-state index in [1.54, 1.807) is 6.26 Å². The van der Waals surface area contributed by atoms with Crippen LogP contribution in [-0.4, -0.2) is 13.1 Å². The van der Waals surface area contributed by atoms with Crippen LogP contribution < -0.4 is 0 Å². The molecule has 4 rings (SSSR count). The van der Waals surface area contributed by atoms with Gasteiger partial charge in [0.25, 0.3) is 0 Å². The van der Waals surface area contributed by atoms with Gasteiger partial charge in [-0.25, -0.2) is 0 Å². The van der Waals surface area contributed by atoms with Crippen molar-refractivity contribution in [2.45, 2.75) is 24.7 Å². The quantitative estimate of drug-likeness (QED) is 0.406. The lowest BCUT2D eigenvalue weighted by molar-refractivity contribution is -0.141. The molecule has 0 saturated heterocycles. The maximum atomic E-state index is 12.7. The predicted octanol–water partition coefficient (Wildman–Crippen LogP) is 6.09. The molecule has 0 unspecified atom stereocenters. The number of carbonyl (C=O) groups excluding carboxylic acids is 1. The van der Waals surface area contributed by atoms with Crippen molar-refractivity contribution in [3.05, 3.63) is 102 Å². The minimum absolute atomic E-state index is 0.105. The molecule has 2 aromatic carbocycles. The first kappa shape index (κ1) is 23.1. The Morgan fingerprint density at radius 2 is 1.71 bits per heavy atom. The van der Waals surface area contributed by atoms with Crippen molar-refractivity contribution in [3.63, 3.8) is 0 Å². The Labute approximate surface area is 199 Å². The summed E-state index contributed by atoms with van der Waals surface area (Å²) in [5.74, 6) is -1.46. The average Bonchev–Trinajstić information content (AvgIpc) is 3.43. The zero-order valence-corrected chi connectivity index (χ0v) is 19.0. The fraction of sp³-hybridized carbons (Fsp3) is 0.276. The molecule has 5 heteroatoms. The molecular formula is C29H26N2O3. The second-order valence-corrected chi connectivity index (χ2v) is 8.52. The number of allylic oxidation sites excluding steroid dienone is 2. The predicted molar refractivity (Wildman–Crippen MR) is 128 cm³/mol. The first-order valence-corrected chi connectivity index (χ1v) is 11.4. The summed E-state index contributed by atoms with van der Waals surface area (Å²) in [6.45, 7) is 0. The second-order valence-electron chi connectivity index (χ2n) is 8.52. The molecule has 1 aliphatic carbocycles. The van der Waals surface area contributed by atoms with Gasteiger partial charge in [0.15, 0.2) is 0 Å². The van der Waals surface area contributed by atoms with Crippen molar-refractivity contribution in [1.82, 2.24) is 0 Å². The van der Waals surface area contributed by atoms with E-state index in [0.717, 1.165) is 22.5 Å². The molecule has 1 aliphatic rings. The highest BCUT2D eigenvalue weighted by Crippen LogP contribution is 2.53. The van der Waals surface area contributed by atoms with Crippen molar-refractivity contribution in [1.29, 1.82) is 10.5 Å². The summed E-state index contributed by atoms with van der Waals surface area (Å²) in [6, 6.07) is 27.9. The van der Waals surface area contributed by atoms with Gasteiger partial charge in [-0.1, -0.05) is 66.7 Å². The van der Waals surface area contributed by atoms with Crippen LogP contribution in [0.25, 0.3) is 5.57 Å². The maximum Gasteiger partial charge on any atom is 0.306 e. The van der Waals surface area contributed by atoms with E-state index in [-0.39, 0.29) is 30.1 Å². The molecule has 0 aliphatic heterocycles. The summed E-state index contributed by atoms with van der Waals surface area (Å²) in [6.07, 6.45) is 4.63. The first-order chi connectivity index (χ1) is 16.7. The number of hydrogen-bond donors (Lipinski definition) is 0. The highest BCUT2D eigenvalue weighted by molar-refractivity contribution is 5.77. The van der Waals surface area contributed by atoms with Crippen LogP contribution in [-0.2, 0) is 9.53 Å². The van der Waals surface area contributed by atoms with Crippen LogP contribution in [0.3, 0.4) is 0 Å². The van der Waals surface area contributed by atoms with E-state index < -0.39 is 11.8 Å². The summed E-state index contributed by atoms with van der Waals surface area (Å²) in [5, 5.41) is 20.0. The molecule has 170 valence electrons. The van der Waals surface area contributed by atoms with E-state index in [1.165, 1.54) is 7.11 Å². The van der Waals surface area contributed by atoms with Gasteiger partial charge in [0.05, 0.1) is 31.9 Å². The molecule has 0 bridgehead atoms. The Morgan fingerprint density at radius 1 is 1.03 bits per heavy atom. The lowest BCUT2D eigenvalue weighted by Gasteiger charge is -2.43. The first-order valence-electron chi connectivity index (χ1n) is 11.4. The Bertz CT molecular complexity index is 1190. The normalized spacial score (nSPS) is 20.6. The SMILES string of the molecule is COC(=O)C[C@H]1C(c2ccccc2)=CC[C@@H](c2ccco2)[C@@H]1[C@H](c1ccccc1)C(C#N)C#N. The molecule has 0 saturated carbocycles. The van der Waals surface area contributed by atoms with Gasteiger partial charge in [0.1, 0.15) is 11.7 Å². The van der Waals surface area contributed by atoms with Crippen LogP contribution in [0, 0.1) is 40.4 Å². The number of nitrogens with zero attached hydrogens (tertiary/aromatic N) is 2. The number of furan rings is 1. The van der Waals surface area contributed by atoms with Crippen LogP contribution in [0.15, 0.2) is 89.6 Å². The number of rotatable bonds is 7. The third-order valence-electron chi connectivity index (χ3n) is 6.79. The lowest BCUT2D eigenvalue weighted by Crippen LogP contribution is -2.36. The summed E-state index contributed by atoms with van der Waals surface area (Å²) in [7, 11) is 1.39. The number of hydrogen-bond acceptors (Lipinski definition) is 5. The van der Waals surface area contributed by atoms with Gasteiger partial charge >= 0.3 is 5.97 Å². The number of ether oxygens (including phenoxy) is 1. The van der Waals surface area contributed by atoms with Gasteiger partial charge in [-0.3, -0.25) is 4.79 Å². The summed E-state index contributed by atoms with van der Waals surface area (Å²) < 4.78 is 10.9. The van der Waals surface area contributed by atoms with Crippen LogP contribution in [0.5, 0.6) is 0 Å². The third kappa shape index (κ3) is 4.65. The van der Waals surface area contributed by atoms with Gasteiger partial charge < -0.3 is 9.15 Å². The fourth-order valence-corrected chi connectivity index (χ4v) is 5.33. The van der Waals surface area contributed by atoms with E-state index in [4.69, 9.17) is 9.15 Å². The number of benzene rings is 2. The molecule has 0 amide bonds. The minimum Gasteiger partial charge on any atom is -0.469 e. The Hall–Kier alpha value is -4.09. The Balaban J connectivity index is 1.93. The molecule has 0 fully saturated rings. The Kier molecular flexibility index (Phi) is 7.25. The second kappa shape index (κ2) is 10.7. The smallest absolute Gasteiger partial charge is 0.306 e. The summed E-state index contributed by atoms with van der Waals surface area (Å²) in [4.78, 5) is 12.7. The zero-order chi connectivity index (χ0) is 23.9. The monoisotopic (exact) mass is 450 g/mol. The fourth-order valence-electron chi connectivity index (χ4n) is 5.33. The van der Waals surface area contributed by atoms with Crippen molar-refractivity contribution >= 4 is 11.5 Å².